The fourth-order valence-corrected chi connectivity index (χ4v) is 7.22. The zero-order chi connectivity index (χ0) is 28.1. The first-order valence-electron chi connectivity index (χ1n) is 12.0. The summed E-state index contributed by atoms with van der Waals surface area (Å²) in [5.41, 5.74) is 1.75. The van der Waals surface area contributed by atoms with Crippen molar-refractivity contribution in [3.63, 3.8) is 0 Å². The van der Waals surface area contributed by atoms with Crippen molar-refractivity contribution in [1.82, 2.24) is 20.2 Å². The van der Waals surface area contributed by atoms with Gasteiger partial charge in [0.2, 0.25) is 0 Å². The van der Waals surface area contributed by atoms with Crippen molar-refractivity contribution in [3.8, 4) is 22.8 Å². The van der Waals surface area contributed by atoms with Crippen LogP contribution in [0.2, 0.25) is 10.0 Å². The van der Waals surface area contributed by atoms with E-state index in [1.54, 1.807) is 23.2 Å². The van der Waals surface area contributed by atoms with E-state index >= 15 is 4.39 Å². The van der Waals surface area contributed by atoms with Crippen LogP contribution >= 0.6 is 23.2 Å². The number of hydrogen-bond acceptors (Lipinski definition) is 8. The number of fused-ring (bicyclic) bond motifs is 1. The summed E-state index contributed by atoms with van der Waals surface area (Å²) in [6, 6.07) is 4.86. The number of aromatic amines is 1. The summed E-state index contributed by atoms with van der Waals surface area (Å²) in [7, 11) is -1.61. The standard InChI is InChI=1S/C26H26Cl2FN5O4S/c1-14(23-17(27)9-30-10-18(23)28)38-22-6-16-20(7-21(22)37-3)32-33-24(16)15-5-19(29)25(31-8-15)34-11-26(2,12-34)13-39(4,35)36/h5-10,14H,11-13H2,1-4H3,(H,32,33)/t14-/m1/s1. The Balaban J connectivity index is 1.43. The molecule has 0 aliphatic carbocycles. The molecule has 0 bridgehead atoms. The van der Waals surface area contributed by atoms with Gasteiger partial charge in [0.05, 0.1) is 28.4 Å². The minimum Gasteiger partial charge on any atom is -0.493 e. The predicted octanol–water partition coefficient (Wildman–Crippen LogP) is 5.49. The maximum Gasteiger partial charge on any atom is 0.166 e. The molecule has 0 unspecified atom stereocenters. The fraction of sp³-hybridized carbons (Fsp3) is 0.346. The minimum absolute atomic E-state index is 0.0432. The highest BCUT2D eigenvalue weighted by atomic mass is 35.5. The monoisotopic (exact) mass is 593 g/mol. The average molecular weight is 594 g/mol. The van der Waals surface area contributed by atoms with Crippen LogP contribution in [0.25, 0.3) is 22.2 Å². The van der Waals surface area contributed by atoms with Crippen molar-refractivity contribution in [1.29, 1.82) is 0 Å². The van der Waals surface area contributed by atoms with Gasteiger partial charge in [0.15, 0.2) is 23.1 Å². The number of H-pyrrole nitrogens is 1. The van der Waals surface area contributed by atoms with Gasteiger partial charge in [-0.3, -0.25) is 10.1 Å². The molecule has 5 rings (SSSR count). The molecule has 206 valence electrons. The van der Waals surface area contributed by atoms with Gasteiger partial charge in [0.1, 0.15) is 21.6 Å². The smallest absolute Gasteiger partial charge is 0.166 e. The molecule has 0 saturated carbocycles. The molecule has 0 amide bonds. The molecule has 1 N–H and O–H groups in total. The number of nitrogens with one attached hydrogen (secondary N) is 1. The maximum absolute atomic E-state index is 15.2. The molecule has 1 fully saturated rings. The highest BCUT2D eigenvalue weighted by Crippen LogP contribution is 2.41. The Hall–Kier alpha value is -3.15. The second kappa shape index (κ2) is 10.1. The van der Waals surface area contributed by atoms with Gasteiger partial charge in [-0.1, -0.05) is 30.1 Å². The summed E-state index contributed by atoms with van der Waals surface area (Å²) in [5, 5.41) is 8.76. The molecule has 1 aliphatic rings. The van der Waals surface area contributed by atoms with E-state index in [0.29, 0.717) is 62.4 Å². The van der Waals surface area contributed by atoms with E-state index < -0.39 is 27.2 Å². The van der Waals surface area contributed by atoms with Crippen LogP contribution < -0.4 is 14.4 Å². The van der Waals surface area contributed by atoms with Crippen molar-refractivity contribution in [2.24, 2.45) is 5.41 Å². The number of anilines is 1. The average Bonchev–Trinajstić information content (AvgIpc) is 3.23. The van der Waals surface area contributed by atoms with Crippen molar-refractivity contribution < 1.29 is 22.3 Å². The molecule has 1 aliphatic heterocycles. The molecular formula is C26H26Cl2FN5O4S. The molecule has 1 aromatic carbocycles. The molecule has 39 heavy (non-hydrogen) atoms. The van der Waals surface area contributed by atoms with E-state index in [-0.39, 0.29) is 11.6 Å². The summed E-state index contributed by atoms with van der Waals surface area (Å²) in [5.74, 6) is 0.572. The van der Waals surface area contributed by atoms with Gasteiger partial charge in [0, 0.05) is 65.9 Å². The molecule has 1 saturated heterocycles. The summed E-state index contributed by atoms with van der Waals surface area (Å²) < 4.78 is 50.3. The Morgan fingerprint density at radius 2 is 1.85 bits per heavy atom. The number of aromatic nitrogens is 4. The third-order valence-corrected chi connectivity index (χ3v) is 8.42. The Morgan fingerprint density at radius 3 is 2.46 bits per heavy atom. The molecule has 4 aromatic rings. The molecular weight excluding hydrogens is 568 g/mol. The summed E-state index contributed by atoms with van der Waals surface area (Å²) in [4.78, 5) is 10.1. The first kappa shape index (κ1) is 27.4. The highest BCUT2D eigenvalue weighted by molar-refractivity contribution is 7.90. The molecule has 0 radical (unpaired) electrons. The van der Waals surface area contributed by atoms with E-state index in [9.17, 15) is 8.42 Å². The normalized spacial score (nSPS) is 15.7. The van der Waals surface area contributed by atoms with Crippen LogP contribution in [0.5, 0.6) is 11.5 Å². The van der Waals surface area contributed by atoms with E-state index in [4.69, 9.17) is 32.7 Å². The van der Waals surface area contributed by atoms with Crippen LogP contribution in [-0.2, 0) is 9.84 Å². The zero-order valence-corrected chi connectivity index (χ0v) is 24.0. The number of benzene rings is 1. The number of sulfone groups is 1. The van der Waals surface area contributed by atoms with Crippen LogP contribution in [0.15, 0.2) is 36.8 Å². The molecule has 3 aromatic heterocycles. The number of nitrogens with zero attached hydrogens (tertiary/aromatic N) is 4. The predicted molar refractivity (Wildman–Crippen MR) is 149 cm³/mol. The van der Waals surface area contributed by atoms with Crippen LogP contribution in [0.3, 0.4) is 0 Å². The lowest BCUT2D eigenvalue weighted by atomic mass is 9.84. The third kappa shape index (κ3) is 5.48. The van der Waals surface area contributed by atoms with Crippen LogP contribution in [0, 0.1) is 11.2 Å². The second-order valence-corrected chi connectivity index (χ2v) is 13.1. The van der Waals surface area contributed by atoms with Crippen molar-refractivity contribution in [2.75, 3.05) is 37.1 Å². The first-order valence-corrected chi connectivity index (χ1v) is 14.8. The van der Waals surface area contributed by atoms with E-state index in [0.717, 1.165) is 0 Å². The number of halogens is 3. The molecule has 9 nitrogen and oxygen atoms in total. The Kier molecular flexibility index (Phi) is 7.11. The molecule has 1 atom stereocenters. The van der Waals surface area contributed by atoms with Gasteiger partial charge in [-0.05, 0) is 19.1 Å². The van der Waals surface area contributed by atoms with Gasteiger partial charge < -0.3 is 14.4 Å². The van der Waals surface area contributed by atoms with Crippen molar-refractivity contribution in [2.45, 2.75) is 20.0 Å². The number of rotatable bonds is 8. The van der Waals surface area contributed by atoms with Crippen LogP contribution in [0.4, 0.5) is 10.2 Å². The summed E-state index contributed by atoms with van der Waals surface area (Å²) in [6.07, 6.45) is 5.21. The number of hydrogen-bond donors (Lipinski definition) is 1. The summed E-state index contributed by atoms with van der Waals surface area (Å²) >= 11 is 12.6. The highest BCUT2D eigenvalue weighted by Gasteiger charge is 2.42. The molecule has 0 spiro atoms. The van der Waals surface area contributed by atoms with Gasteiger partial charge >= 0.3 is 0 Å². The Labute approximate surface area is 235 Å². The molecule has 13 heteroatoms. The zero-order valence-electron chi connectivity index (χ0n) is 21.6. The van der Waals surface area contributed by atoms with Gasteiger partial charge in [0.25, 0.3) is 0 Å². The Morgan fingerprint density at radius 1 is 1.15 bits per heavy atom. The fourth-order valence-electron chi connectivity index (χ4n) is 5.10. The number of methoxy groups -OCH3 is 1. The lowest BCUT2D eigenvalue weighted by Crippen LogP contribution is -2.58. The number of pyridine rings is 2. The van der Waals surface area contributed by atoms with Crippen LogP contribution in [0.1, 0.15) is 25.5 Å². The largest absolute Gasteiger partial charge is 0.493 e. The first-order chi connectivity index (χ1) is 18.4. The van der Waals surface area contributed by atoms with E-state index in [2.05, 4.69) is 20.2 Å². The third-order valence-electron chi connectivity index (χ3n) is 6.60. The minimum atomic E-state index is -3.14. The topological polar surface area (TPSA) is 110 Å². The molecule has 4 heterocycles. The maximum atomic E-state index is 15.2. The Bertz CT molecular complexity index is 1650. The SMILES string of the molecule is COc1cc2[nH]nc(-c3cnc(N4CC(C)(CS(C)(=O)=O)C4)c(F)c3)c2cc1O[C@H](C)c1c(Cl)cncc1Cl. The van der Waals surface area contributed by atoms with Gasteiger partial charge in [-0.15, -0.1) is 0 Å². The van der Waals surface area contributed by atoms with E-state index in [1.807, 2.05) is 13.8 Å². The van der Waals surface area contributed by atoms with E-state index in [1.165, 1.54) is 31.8 Å². The lowest BCUT2D eigenvalue weighted by molar-refractivity contribution is 0.216. The second-order valence-electron chi connectivity index (χ2n) is 10.2. The number of ether oxygens (including phenoxy) is 2. The summed E-state index contributed by atoms with van der Waals surface area (Å²) in [6.45, 7) is 4.48. The quantitative estimate of drug-likeness (QED) is 0.286. The van der Waals surface area contributed by atoms with Crippen LogP contribution in [-0.4, -0.2) is 60.8 Å². The lowest BCUT2D eigenvalue weighted by Gasteiger charge is -2.48. The van der Waals surface area contributed by atoms with Crippen molar-refractivity contribution in [3.05, 3.63) is 58.2 Å². The van der Waals surface area contributed by atoms with Gasteiger partial charge in [-0.25, -0.2) is 17.8 Å². The van der Waals surface area contributed by atoms with Gasteiger partial charge in [-0.2, -0.15) is 5.10 Å². The van der Waals surface area contributed by atoms with Crippen molar-refractivity contribution >= 4 is 49.8 Å².